The number of hydrogen-bond acceptors (Lipinski definition) is 4. The summed E-state index contributed by atoms with van der Waals surface area (Å²) in [6.45, 7) is 0. The summed E-state index contributed by atoms with van der Waals surface area (Å²) in [7, 11) is 1.64. The minimum Gasteiger partial charge on any atom is -0.497 e. The second kappa shape index (κ2) is 6.58. The van der Waals surface area contributed by atoms with Crippen LogP contribution in [0.25, 0.3) is 0 Å². The van der Waals surface area contributed by atoms with Gasteiger partial charge in [-0.05, 0) is 29.8 Å². The second-order valence-electron chi connectivity index (χ2n) is 5.37. The largest absolute Gasteiger partial charge is 0.497 e. The molecule has 3 aromatic rings. The molecule has 4 nitrogen and oxygen atoms in total. The lowest BCUT2D eigenvalue weighted by Crippen LogP contribution is -2.30. The van der Waals surface area contributed by atoms with Gasteiger partial charge in [-0.25, -0.2) is 0 Å². The zero-order chi connectivity index (χ0) is 16.1. The predicted octanol–water partition coefficient (Wildman–Crippen LogP) is 2.96. The highest BCUT2D eigenvalue weighted by atomic mass is 16.5. The molecule has 0 fully saturated rings. The van der Waals surface area contributed by atoms with Crippen LogP contribution in [0.4, 0.5) is 0 Å². The molecule has 4 heteroatoms. The lowest BCUT2D eigenvalue weighted by Gasteiger charge is -2.29. The van der Waals surface area contributed by atoms with E-state index in [0.717, 1.165) is 22.4 Å². The van der Waals surface area contributed by atoms with Crippen LogP contribution in [-0.4, -0.2) is 22.2 Å². The molecule has 0 aliphatic heterocycles. The van der Waals surface area contributed by atoms with Crippen LogP contribution in [0.2, 0.25) is 0 Å². The van der Waals surface area contributed by atoms with Crippen LogP contribution >= 0.6 is 0 Å². The zero-order valence-corrected chi connectivity index (χ0v) is 12.9. The number of pyridine rings is 2. The van der Waals surface area contributed by atoms with Gasteiger partial charge in [0.1, 0.15) is 11.4 Å². The molecule has 23 heavy (non-hydrogen) atoms. The molecule has 1 aromatic carbocycles. The van der Waals surface area contributed by atoms with Gasteiger partial charge < -0.3 is 9.84 Å². The molecule has 1 N–H and O–H groups in total. The Bertz CT molecular complexity index is 704. The average Bonchev–Trinajstić information content (AvgIpc) is 2.64. The van der Waals surface area contributed by atoms with Crippen LogP contribution in [0.3, 0.4) is 0 Å². The first-order valence-corrected chi connectivity index (χ1v) is 7.39. The van der Waals surface area contributed by atoms with E-state index >= 15 is 0 Å². The molecule has 3 rings (SSSR count). The molecular formula is C19H18N2O2. The van der Waals surface area contributed by atoms with Gasteiger partial charge >= 0.3 is 0 Å². The fraction of sp³-hybridized carbons (Fsp3) is 0.158. The molecule has 116 valence electrons. The number of methoxy groups -OCH3 is 1. The van der Waals surface area contributed by atoms with Gasteiger partial charge in [-0.2, -0.15) is 0 Å². The van der Waals surface area contributed by atoms with Crippen molar-refractivity contribution in [2.45, 2.75) is 12.0 Å². The summed E-state index contributed by atoms with van der Waals surface area (Å²) in [5.74, 6) is 0.792. The van der Waals surface area contributed by atoms with Gasteiger partial charge in [0, 0.05) is 42.3 Å². The molecule has 0 amide bonds. The van der Waals surface area contributed by atoms with E-state index < -0.39 is 5.60 Å². The molecule has 0 saturated heterocycles. The van der Waals surface area contributed by atoms with Crippen molar-refractivity contribution in [1.29, 1.82) is 0 Å². The molecular weight excluding hydrogens is 288 g/mol. The van der Waals surface area contributed by atoms with Crippen molar-refractivity contribution >= 4 is 0 Å². The fourth-order valence-electron chi connectivity index (χ4n) is 2.62. The smallest absolute Gasteiger partial charge is 0.122 e. The van der Waals surface area contributed by atoms with E-state index in [1.165, 1.54) is 0 Å². The van der Waals surface area contributed by atoms with Crippen LogP contribution in [-0.2, 0) is 12.0 Å². The van der Waals surface area contributed by atoms with Crippen LogP contribution in [0, 0.1) is 0 Å². The van der Waals surface area contributed by atoms with Gasteiger partial charge in [0.05, 0.1) is 7.11 Å². The Morgan fingerprint density at radius 1 is 0.913 bits per heavy atom. The topological polar surface area (TPSA) is 55.2 Å². The van der Waals surface area contributed by atoms with Crippen LogP contribution in [0.15, 0.2) is 73.3 Å². The summed E-state index contributed by atoms with van der Waals surface area (Å²) in [5, 5.41) is 11.4. The van der Waals surface area contributed by atoms with Gasteiger partial charge in [-0.3, -0.25) is 9.97 Å². The number of hydrogen-bond donors (Lipinski definition) is 1. The van der Waals surface area contributed by atoms with Crippen molar-refractivity contribution in [2.75, 3.05) is 7.11 Å². The molecule has 0 aliphatic carbocycles. The third kappa shape index (κ3) is 3.22. The number of ether oxygens (including phenoxy) is 1. The maximum absolute atomic E-state index is 11.4. The second-order valence-corrected chi connectivity index (χ2v) is 5.37. The van der Waals surface area contributed by atoms with Crippen LogP contribution in [0.1, 0.15) is 16.7 Å². The Labute approximate surface area is 135 Å². The Morgan fingerprint density at radius 2 is 1.48 bits per heavy atom. The third-order valence-corrected chi connectivity index (χ3v) is 3.90. The highest BCUT2D eigenvalue weighted by molar-refractivity contribution is 5.37. The lowest BCUT2D eigenvalue weighted by atomic mass is 9.83. The van der Waals surface area contributed by atoms with Crippen molar-refractivity contribution in [2.24, 2.45) is 0 Å². The molecule has 0 spiro atoms. The van der Waals surface area contributed by atoms with Crippen molar-refractivity contribution in [3.05, 3.63) is 90.0 Å². The zero-order valence-electron chi connectivity index (χ0n) is 12.9. The van der Waals surface area contributed by atoms with E-state index in [4.69, 9.17) is 4.74 Å². The first-order chi connectivity index (χ1) is 11.2. The van der Waals surface area contributed by atoms with E-state index in [-0.39, 0.29) is 0 Å². The maximum Gasteiger partial charge on any atom is 0.122 e. The molecule has 2 heterocycles. The first kappa shape index (κ1) is 15.2. The monoisotopic (exact) mass is 306 g/mol. The van der Waals surface area contributed by atoms with Crippen molar-refractivity contribution < 1.29 is 9.84 Å². The fourth-order valence-corrected chi connectivity index (χ4v) is 2.62. The molecule has 0 atom stereocenters. The van der Waals surface area contributed by atoms with Crippen LogP contribution < -0.4 is 4.74 Å². The number of nitrogens with zero attached hydrogens (tertiary/aromatic N) is 2. The highest BCUT2D eigenvalue weighted by Gasteiger charge is 2.32. The van der Waals surface area contributed by atoms with Crippen molar-refractivity contribution in [3.63, 3.8) is 0 Å². The minimum atomic E-state index is -1.18. The number of benzene rings is 1. The molecule has 0 radical (unpaired) electrons. The van der Waals surface area contributed by atoms with Gasteiger partial charge in [0.25, 0.3) is 0 Å². The standard InChI is InChI=1S/C19H18N2O2/c1-23-18-8-6-15(7-9-18)12-19(22,16-4-2-10-20-13-16)17-5-3-11-21-14-17/h2-11,13-14,22H,12H2,1H3. The summed E-state index contributed by atoms with van der Waals surface area (Å²) in [5.41, 5.74) is 1.30. The van der Waals surface area contributed by atoms with Crippen molar-refractivity contribution in [3.8, 4) is 5.75 Å². The summed E-state index contributed by atoms with van der Waals surface area (Å²) >= 11 is 0. The lowest BCUT2D eigenvalue weighted by molar-refractivity contribution is 0.0804. The number of aromatic nitrogens is 2. The van der Waals surface area contributed by atoms with Gasteiger partial charge in [-0.1, -0.05) is 24.3 Å². The average molecular weight is 306 g/mol. The quantitative estimate of drug-likeness (QED) is 0.787. The SMILES string of the molecule is COc1ccc(CC(O)(c2cccnc2)c2cccnc2)cc1. The highest BCUT2D eigenvalue weighted by Crippen LogP contribution is 2.32. The Kier molecular flexibility index (Phi) is 4.35. The summed E-state index contributed by atoms with van der Waals surface area (Å²) < 4.78 is 5.19. The minimum absolute atomic E-state index is 0.425. The van der Waals surface area contributed by atoms with E-state index in [2.05, 4.69) is 9.97 Å². The van der Waals surface area contributed by atoms with E-state index in [0.29, 0.717) is 6.42 Å². The third-order valence-electron chi connectivity index (χ3n) is 3.90. The molecule has 2 aromatic heterocycles. The van der Waals surface area contributed by atoms with Gasteiger partial charge in [-0.15, -0.1) is 0 Å². The Morgan fingerprint density at radius 3 is 1.91 bits per heavy atom. The molecule has 0 aliphatic rings. The Hall–Kier alpha value is -2.72. The molecule has 0 unspecified atom stereocenters. The molecule has 0 bridgehead atoms. The van der Waals surface area contributed by atoms with E-state index in [9.17, 15) is 5.11 Å². The number of rotatable bonds is 5. The normalized spacial score (nSPS) is 11.2. The van der Waals surface area contributed by atoms with Gasteiger partial charge in [0.15, 0.2) is 0 Å². The van der Waals surface area contributed by atoms with Crippen molar-refractivity contribution in [1.82, 2.24) is 9.97 Å². The predicted molar refractivity (Wildman–Crippen MR) is 88.2 cm³/mol. The van der Waals surface area contributed by atoms with E-state index in [1.807, 2.05) is 48.5 Å². The van der Waals surface area contributed by atoms with Crippen LogP contribution in [0.5, 0.6) is 5.75 Å². The first-order valence-electron chi connectivity index (χ1n) is 7.39. The summed E-state index contributed by atoms with van der Waals surface area (Å²) in [4.78, 5) is 8.29. The maximum atomic E-state index is 11.4. The van der Waals surface area contributed by atoms with Gasteiger partial charge in [0.2, 0.25) is 0 Å². The van der Waals surface area contributed by atoms with E-state index in [1.54, 1.807) is 31.9 Å². The summed E-state index contributed by atoms with van der Waals surface area (Å²) in [6, 6.07) is 15.1. The number of aliphatic hydroxyl groups is 1. The Balaban J connectivity index is 2.01. The molecule has 0 saturated carbocycles. The summed E-state index contributed by atoms with van der Waals surface area (Å²) in [6.07, 6.45) is 7.20.